The van der Waals surface area contributed by atoms with Crippen LogP contribution in [0.15, 0.2) is 215 Å². The molecule has 290 valence electrons. The van der Waals surface area contributed by atoms with Crippen molar-refractivity contribution in [3.05, 3.63) is 206 Å². The second kappa shape index (κ2) is 14.7. The van der Waals surface area contributed by atoms with Crippen molar-refractivity contribution in [2.75, 3.05) is 0 Å². The van der Waals surface area contributed by atoms with Crippen molar-refractivity contribution in [3.8, 4) is 78.7 Å². The van der Waals surface area contributed by atoms with Crippen LogP contribution in [0.25, 0.3) is 123 Å². The van der Waals surface area contributed by atoms with E-state index in [9.17, 15) is 0 Å². The second-order valence-corrected chi connectivity index (χ2v) is 15.4. The van der Waals surface area contributed by atoms with Crippen LogP contribution >= 0.6 is 0 Å². The Labute approximate surface area is 356 Å². The van der Waals surface area contributed by atoms with E-state index in [2.05, 4.69) is 158 Å². The maximum absolute atomic E-state index is 6.36. The van der Waals surface area contributed by atoms with E-state index < -0.39 is 0 Å². The van der Waals surface area contributed by atoms with Gasteiger partial charge in [-0.3, -0.25) is 0 Å². The topological polar surface area (TPSA) is 77.8 Å². The molecule has 4 heterocycles. The first-order chi connectivity index (χ1) is 30.7. The average Bonchev–Trinajstić information content (AvgIpc) is 3.93. The van der Waals surface area contributed by atoms with Crippen molar-refractivity contribution in [2.24, 2.45) is 0 Å². The molecule has 8 aromatic carbocycles. The van der Waals surface area contributed by atoms with Gasteiger partial charge in [0.05, 0.1) is 22.2 Å². The highest BCUT2D eigenvalue weighted by Crippen LogP contribution is 2.40. The Bertz CT molecular complexity index is 3370. The fraction of sp³-hybridized carbons (Fsp3) is 0. The molecule has 6 heteroatoms. The lowest BCUT2D eigenvalue weighted by Crippen LogP contribution is -1.95. The van der Waals surface area contributed by atoms with E-state index in [0.717, 1.165) is 99.7 Å². The molecule has 0 bridgehead atoms. The lowest BCUT2D eigenvalue weighted by atomic mass is 9.99. The molecule has 0 amide bonds. The van der Waals surface area contributed by atoms with Gasteiger partial charge in [0.2, 0.25) is 11.4 Å². The first kappa shape index (κ1) is 35.5. The Balaban J connectivity index is 0.898. The lowest BCUT2D eigenvalue weighted by molar-refractivity contribution is 0.653. The number of aromatic nitrogens is 4. The predicted octanol–water partition coefficient (Wildman–Crippen LogP) is 14.7. The Kier molecular flexibility index (Phi) is 8.38. The van der Waals surface area contributed by atoms with E-state index in [0.29, 0.717) is 23.1 Å². The molecule has 0 atom stereocenters. The number of furan rings is 2. The Hall–Kier alpha value is -8.48. The van der Waals surface area contributed by atoms with Crippen LogP contribution in [-0.2, 0) is 0 Å². The van der Waals surface area contributed by atoms with Gasteiger partial charge in [0, 0.05) is 33.0 Å². The summed E-state index contributed by atoms with van der Waals surface area (Å²) in [6.07, 6.45) is 0. The molecule has 0 unspecified atom stereocenters. The molecule has 0 saturated heterocycles. The summed E-state index contributed by atoms with van der Waals surface area (Å²) in [5.74, 6) is 1.20. The van der Waals surface area contributed by atoms with Crippen molar-refractivity contribution in [1.29, 1.82) is 0 Å². The summed E-state index contributed by atoms with van der Waals surface area (Å²) in [5.41, 5.74) is 14.8. The third kappa shape index (κ3) is 6.21. The van der Waals surface area contributed by atoms with Crippen molar-refractivity contribution < 1.29 is 8.83 Å². The van der Waals surface area contributed by atoms with Gasteiger partial charge < -0.3 is 8.83 Å². The number of nitrogens with zero attached hydrogens (tertiary/aromatic N) is 4. The molecule has 0 saturated carbocycles. The van der Waals surface area contributed by atoms with Gasteiger partial charge in [0.15, 0.2) is 11.6 Å². The molecule has 62 heavy (non-hydrogen) atoms. The van der Waals surface area contributed by atoms with Gasteiger partial charge in [0.1, 0.15) is 11.2 Å². The summed E-state index contributed by atoms with van der Waals surface area (Å²) in [7, 11) is 0. The molecule has 0 aliphatic rings. The number of rotatable bonds is 7. The van der Waals surface area contributed by atoms with Gasteiger partial charge in [0.25, 0.3) is 0 Å². The Morgan fingerprint density at radius 2 is 0.597 bits per heavy atom. The summed E-state index contributed by atoms with van der Waals surface area (Å²) < 4.78 is 12.7. The fourth-order valence-electron chi connectivity index (χ4n) is 8.50. The van der Waals surface area contributed by atoms with Crippen molar-refractivity contribution >= 4 is 44.1 Å². The van der Waals surface area contributed by atoms with Crippen molar-refractivity contribution in [3.63, 3.8) is 0 Å². The standard InChI is InChI=1S/C56H34N4O2/c1-3-13-35(14-4-1)41-17-11-19-43(33-41)51-49-45-21-7-9-23-47(45)61-55(49)59-53(57-51)39-29-25-37(26-30-39)38-27-31-40(32-28-38)54-58-52(50-46-22-8-10-24-48(46)62-56(50)60-54)44-20-12-18-42(34-44)36-15-5-2-6-16-36/h1-34H. The van der Waals surface area contributed by atoms with E-state index in [1.807, 2.05) is 48.5 Å². The second-order valence-electron chi connectivity index (χ2n) is 15.4. The normalized spacial score (nSPS) is 11.5. The zero-order chi connectivity index (χ0) is 41.0. The van der Waals surface area contributed by atoms with Crippen LogP contribution in [0.4, 0.5) is 0 Å². The molecule has 0 radical (unpaired) electrons. The van der Waals surface area contributed by atoms with Crippen LogP contribution in [0.5, 0.6) is 0 Å². The first-order valence-corrected chi connectivity index (χ1v) is 20.6. The first-order valence-electron chi connectivity index (χ1n) is 20.6. The highest BCUT2D eigenvalue weighted by molar-refractivity contribution is 6.12. The molecule has 0 aliphatic heterocycles. The van der Waals surface area contributed by atoms with Gasteiger partial charge >= 0.3 is 0 Å². The number of fused-ring (bicyclic) bond motifs is 6. The van der Waals surface area contributed by atoms with Crippen molar-refractivity contribution in [1.82, 2.24) is 19.9 Å². The van der Waals surface area contributed by atoms with Gasteiger partial charge in [-0.25, -0.2) is 9.97 Å². The minimum Gasteiger partial charge on any atom is -0.438 e. The Morgan fingerprint density at radius 3 is 1.03 bits per heavy atom. The van der Waals surface area contributed by atoms with Crippen LogP contribution in [-0.4, -0.2) is 19.9 Å². The molecular formula is C56H34N4O2. The number of para-hydroxylation sites is 2. The zero-order valence-electron chi connectivity index (χ0n) is 33.2. The third-order valence-corrected chi connectivity index (χ3v) is 11.6. The quantitative estimate of drug-likeness (QED) is 0.160. The van der Waals surface area contributed by atoms with E-state index >= 15 is 0 Å². The molecule has 4 aromatic heterocycles. The molecule has 6 nitrogen and oxygen atoms in total. The zero-order valence-corrected chi connectivity index (χ0v) is 33.2. The number of hydrogen-bond donors (Lipinski definition) is 0. The largest absolute Gasteiger partial charge is 0.438 e. The minimum atomic E-state index is 0.561. The third-order valence-electron chi connectivity index (χ3n) is 11.6. The highest BCUT2D eigenvalue weighted by Gasteiger charge is 2.20. The summed E-state index contributed by atoms with van der Waals surface area (Å²) in [6.45, 7) is 0. The number of benzene rings is 8. The maximum atomic E-state index is 6.36. The summed E-state index contributed by atoms with van der Waals surface area (Å²) >= 11 is 0. The van der Waals surface area contributed by atoms with E-state index in [-0.39, 0.29) is 0 Å². The van der Waals surface area contributed by atoms with Crippen LogP contribution in [0.3, 0.4) is 0 Å². The van der Waals surface area contributed by atoms with E-state index in [1.165, 1.54) is 0 Å². The highest BCUT2D eigenvalue weighted by atomic mass is 16.3. The monoisotopic (exact) mass is 794 g/mol. The summed E-state index contributed by atoms with van der Waals surface area (Å²) in [4.78, 5) is 20.4. The smallest absolute Gasteiger partial charge is 0.231 e. The number of hydrogen-bond acceptors (Lipinski definition) is 6. The van der Waals surface area contributed by atoms with Gasteiger partial charge in [-0.2, -0.15) is 9.97 Å². The predicted molar refractivity (Wildman–Crippen MR) is 250 cm³/mol. The van der Waals surface area contributed by atoms with Crippen LogP contribution in [0.2, 0.25) is 0 Å². The average molecular weight is 795 g/mol. The fourth-order valence-corrected chi connectivity index (χ4v) is 8.50. The van der Waals surface area contributed by atoms with Crippen molar-refractivity contribution in [2.45, 2.75) is 0 Å². The maximum Gasteiger partial charge on any atom is 0.231 e. The molecule has 0 spiro atoms. The summed E-state index contributed by atoms with van der Waals surface area (Å²) in [6, 6.07) is 70.7. The van der Waals surface area contributed by atoms with E-state index in [1.54, 1.807) is 0 Å². The summed E-state index contributed by atoms with van der Waals surface area (Å²) in [5, 5.41) is 3.79. The molecular weight excluding hydrogens is 761 g/mol. The molecule has 0 fully saturated rings. The van der Waals surface area contributed by atoms with Gasteiger partial charge in [-0.15, -0.1) is 0 Å². The van der Waals surface area contributed by atoms with E-state index in [4.69, 9.17) is 28.8 Å². The van der Waals surface area contributed by atoms with Gasteiger partial charge in [-0.1, -0.05) is 182 Å². The SMILES string of the molecule is c1ccc(-c2cccc(-c3nc(-c4ccc(-c5ccc(-c6nc(-c7cccc(-c8ccccc8)c7)c7c(n6)oc6ccccc67)cc5)cc4)nc4oc5ccccc5c34)c2)cc1. The Morgan fingerprint density at radius 1 is 0.258 bits per heavy atom. The van der Waals surface area contributed by atoms with Gasteiger partial charge in [-0.05, 0) is 57.6 Å². The minimum absolute atomic E-state index is 0.561. The molecule has 0 aliphatic carbocycles. The van der Waals surface area contributed by atoms with Crippen LogP contribution < -0.4 is 0 Å². The molecule has 12 rings (SSSR count). The van der Waals surface area contributed by atoms with Crippen LogP contribution in [0, 0.1) is 0 Å². The molecule has 12 aromatic rings. The molecule has 0 N–H and O–H groups in total. The lowest BCUT2D eigenvalue weighted by Gasteiger charge is -2.10. The van der Waals surface area contributed by atoms with Crippen LogP contribution in [0.1, 0.15) is 0 Å².